The number of aromatic hydroxyl groups is 1. The number of unbranched alkanes of at least 4 members (excludes halogenated alkanes) is 5. The molecule has 3 aromatic rings. The molecule has 1 N–H and O–H groups in total. The predicted octanol–water partition coefficient (Wildman–Crippen LogP) is 6.43. The maximum Gasteiger partial charge on any atom is 0.297 e. The first-order chi connectivity index (χ1) is 15.5. The second-order valence-electron chi connectivity index (χ2n) is 8.52. The van der Waals surface area contributed by atoms with E-state index >= 15 is 0 Å². The van der Waals surface area contributed by atoms with Crippen LogP contribution < -0.4 is 15.0 Å². The highest BCUT2D eigenvalue weighted by Crippen LogP contribution is 2.34. The van der Waals surface area contributed by atoms with Crippen molar-refractivity contribution in [3.05, 3.63) is 64.4 Å². The zero-order valence-electron chi connectivity index (χ0n) is 19.5. The number of hydrogen-bond acceptors (Lipinski definition) is 4. The number of aryl methyl sites for hydroxylation is 1. The van der Waals surface area contributed by atoms with E-state index in [1.165, 1.54) is 25.7 Å². The highest BCUT2D eigenvalue weighted by atomic mass is 16.5. The Bertz CT molecular complexity index is 1060. The van der Waals surface area contributed by atoms with E-state index in [1.54, 1.807) is 10.6 Å². The molecule has 0 spiro atoms. The van der Waals surface area contributed by atoms with Crippen LogP contribution in [0.5, 0.6) is 17.2 Å². The van der Waals surface area contributed by atoms with Crippen molar-refractivity contribution in [2.24, 2.45) is 0 Å². The molecule has 0 radical (unpaired) electrons. The van der Waals surface area contributed by atoms with Crippen LogP contribution in [0.4, 0.5) is 0 Å². The van der Waals surface area contributed by atoms with Crippen molar-refractivity contribution in [1.29, 1.82) is 0 Å². The van der Waals surface area contributed by atoms with E-state index in [-0.39, 0.29) is 23.2 Å². The van der Waals surface area contributed by atoms with Crippen LogP contribution in [-0.2, 0) is 13.2 Å². The molecule has 3 rings (SSSR count). The summed E-state index contributed by atoms with van der Waals surface area (Å²) < 4.78 is 13.4. The van der Waals surface area contributed by atoms with E-state index in [0.29, 0.717) is 29.8 Å². The monoisotopic (exact) mass is 437 g/mol. The molecule has 0 amide bonds. The average Bonchev–Trinajstić information content (AvgIpc) is 2.80. The van der Waals surface area contributed by atoms with Crippen LogP contribution in [0.15, 0.2) is 53.3 Å². The molecule has 0 unspecified atom stereocenters. The molecule has 0 aliphatic rings. The Labute approximate surface area is 190 Å². The smallest absolute Gasteiger partial charge is 0.297 e. The summed E-state index contributed by atoms with van der Waals surface area (Å²) in [6.07, 6.45) is 6.61. The second-order valence-corrected chi connectivity index (χ2v) is 8.52. The van der Waals surface area contributed by atoms with Gasteiger partial charge in [-0.05, 0) is 38.0 Å². The lowest BCUT2D eigenvalue weighted by molar-refractivity contribution is 0.227. The van der Waals surface area contributed by atoms with E-state index in [0.717, 1.165) is 18.4 Å². The molecule has 32 heavy (non-hydrogen) atoms. The summed E-state index contributed by atoms with van der Waals surface area (Å²) in [5.41, 5.74) is 1.45. The molecule has 0 atom stereocenters. The lowest BCUT2D eigenvalue weighted by Gasteiger charge is -2.18. The summed E-state index contributed by atoms with van der Waals surface area (Å²) in [5, 5.41) is 11.4. The maximum absolute atomic E-state index is 13.2. The van der Waals surface area contributed by atoms with Crippen molar-refractivity contribution in [1.82, 2.24) is 4.57 Å². The van der Waals surface area contributed by atoms with Crippen LogP contribution in [0.3, 0.4) is 0 Å². The van der Waals surface area contributed by atoms with Crippen LogP contribution in [-0.4, -0.2) is 15.8 Å². The van der Waals surface area contributed by atoms with Gasteiger partial charge in [0.15, 0.2) is 5.75 Å². The molecule has 172 valence electrons. The van der Waals surface area contributed by atoms with Gasteiger partial charge in [-0.25, -0.2) is 0 Å². The minimum absolute atomic E-state index is 0.0245. The first-order valence-electron chi connectivity index (χ1n) is 11.7. The van der Waals surface area contributed by atoms with Gasteiger partial charge in [-0.2, -0.15) is 0 Å². The standard InChI is InChI=1S/C27H35NO4/c1-4-5-6-7-8-12-17-28-24-18-22(31-19-21-13-10-9-11-14-21)15-16-23(24)25(29)26(27(28)30)32-20(2)3/h9-11,13-16,18,20,29H,4-8,12,17,19H2,1-3H3. The van der Waals surface area contributed by atoms with Gasteiger partial charge in [-0.1, -0.05) is 69.4 Å². The zero-order valence-corrected chi connectivity index (χ0v) is 19.5. The van der Waals surface area contributed by atoms with Crippen molar-refractivity contribution in [2.45, 2.75) is 78.6 Å². The Hall–Kier alpha value is -2.95. The third-order valence-corrected chi connectivity index (χ3v) is 5.51. The van der Waals surface area contributed by atoms with E-state index < -0.39 is 0 Å². The normalized spacial score (nSPS) is 11.2. The van der Waals surface area contributed by atoms with E-state index in [4.69, 9.17) is 9.47 Å². The molecule has 0 aliphatic heterocycles. The predicted molar refractivity (Wildman–Crippen MR) is 130 cm³/mol. The van der Waals surface area contributed by atoms with Crippen molar-refractivity contribution in [2.75, 3.05) is 0 Å². The fourth-order valence-corrected chi connectivity index (χ4v) is 3.84. The van der Waals surface area contributed by atoms with Gasteiger partial charge in [0.1, 0.15) is 12.4 Å². The summed E-state index contributed by atoms with van der Waals surface area (Å²) in [4.78, 5) is 13.2. The van der Waals surface area contributed by atoms with Crippen molar-refractivity contribution < 1.29 is 14.6 Å². The molecule has 0 bridgehead atoms. The Morgan fingerprint density at radius 2 is 1.69 bits per heavy atom. The van der Waals surface area contributed by atoms with Crippen LogP contribution >= 0.6 is 0 Å². The minimum Gasteiger partial charge on any atom is -0.504 e. The summed E-state index contributed by atoms with van der Waals surface area (Å²) in [7, 11) is 0. The summed E-state index contributed by atoms with van der Waals surface area (Å²) >= 11 is 0. The van der Waals surface area contributed by atoms with Gasteiger partial charge < -0.3 is 19.1 Å². The molecule has 5 nitrogen and oxygen atoms in total. The van der Waals surface area contributed by atoms with Crippen LogP contribution in [0.25, 0.3) is 10.9 Å². The van der Waals surface area contributed by atoms with Crippen LogP contribution in [0.2, 0.25) is 0 Å². The van der Waals surface area contributed by atoms with Gasteiger partial charge in [0.25, 0.3) is 5.56 Å². The second kappa shape index (κ2) is 11.6. The van der Waals surface area contributed by atoms with Gasteiger partial charge in [-0.3, -0.25) is 4.79 Å². The Kier molecular flexibility index (Phi) is 8.60. The molecule has 1 heterocycles. The third kappa shape index (κ3) is 6.06. The maximum atomic E-state index is 13.2. The lowest BCUT2D eigenvalue weighted by atomic mass is 10.1. The molecular weight excluding hydrogens is 402 g/mol. The van der Waals surface area contributed by atoms with Crippen LogP contribution in [0.1, 0.15) is 64.9 Å². The number of hydrogen-bond donors (Lipinski definition) is 1. The first kappa shape index (κ1) is 23.7. The average molecular weight is 438 g/mol. The molecule has 0 saturated carbocycles. The number of pyridine rings is 1. The quantitative estimate of drug-likeness (QED) is 0.332. The van der Waals surface area contributed by atoms with E-state index in [2.05, 4.69) is 6.92 Å². The highest BCUT2D eigenvalue weighted by Gasteiger charge is 2.19. The number of ether oxygens (including phenoxy) is 2. The van der Waals surface area contributed by atoms with E-state index in [1.807, 2.05) is 56.3 Å². The minimum atomic E-state index is -0.294. The summed E-state index contributed by atoms with van der Waals surface area (Å²) in [5.74, 6) is 0.582. The summed E-state index contributed by atoms with van der Waals surface area (Å²) in [6, 6.07) is 15.4. The molecule has 0 saturated heterocycles. The number of nitrogens with zero attached hydrogens (tertiary/aromatic N) is 1. The molecule has 5 heteroatoms. The molecular formula is C27H35NO4. The SMILES string of the molecule is CCCCCCCCn1c(=O)c(OC(C)C)c(O)c2ccc(OCc3ccccc3)cc21. The van der Waals surface area contributed by atoms with Gasteiger partial charge in [0, 0.05) is 18.0 Å². The first-order valence-corrected chi connectivity index (χ1v) is 11.7. The third-order valence-electron chi connectivity index (χ3n) is 5.51. The molecule has 1 aromatic heterocycles. The Morgan fingerprint density at radius 1 is 0.969 bits per heavy atom. The Morgan fingerprint density at radius 3 is 2.41 bits per heavy atom. The lowest BCUT2D eigenvalue weighted by Crippen LogP contribution is -2.24. The van der Waals surface area contributed by atoms with Gasteiger partial charge in [-0.15, -0.1) is 0 Å². The number of benzene rings is 2. The summed E-state index contributed by atoms with van der Waals surface area (Å²) in [6.45, 7) is 6.92. The largest absolute Gasteiger partial charge is 0.504 e. The molecule has 2 aromatic carbocycles. The van der Waals surface area contributed by atoms with Gasteiger partial charge >= 0.3 is 0 Å². The fraction of sp³-hybridized carbons (Fsp3) is 0.444. The fourth-order valence-electron chi connectivity index (χ4n) is 3.84. The topological polar surface area (TPSA) is 60.7 Å². The van der Waals surface area contributed by atoms with E-state index in [9.17, 15) is 9.90 Å². The van der Waals surface area contributed by atoms with Crippen molar-refractivity contribution in [3.63, 3.8) is 0 Å². The Balaban J connectivity index is 1.90. The zero-order chi connectivity index (χ0) is 22.9. The van der Waals surface area contributed by atoms with Crippen LogP contribution in [0, 0.1) is 0 Å². The van der Waals surface area contributed by atoms with Crippen molar-refractivity contribution in [3.8, 4) is 17.2 Å². The van der Waals surface area contributed by atoms with Gasteiger partial charge in [0.2, 0.25) is 5.75 Å². The molecule has 0 fully saturated rings. The number of aromatic nitrogens is 1. The number of rotatable bonds is 12. The van der Waals surface area contributed by atoms with Crippen molar-refractivity contribution >= 4 is 10.9 Å². The van der Waals surface area contributed by atoms with Gasteiger partial charge in [0.05, 0.1) is 11.6 Å². The number of fused-ring (bicyclic) bond motifs is 1. The molecule has 0 aliphatic carbocycles. The highest BCUT2D eigenvalue weighted by molar-refractivity contribution is 5.88.